The van der Waals surface area contributed by atoms with Gasteiger partial charge in [0, 0.05) is 0 Å². The van der Waals surface area contributed by atoms with Crippen LogP contribution in [0.5, 0.6) is 5.75 Å². The van der Waals surface area contributed by atoms with Crippen molar-refractivity contribution in [1.29, 1.82) is 0 Å². The highest BCUT2D eigenvalue weighted by atomic mass is 16.6. The van der Waals surface area contributed by atoms with Gasteiger partial charge in [-0.2, -0.15) is 0 Å². The Kier molecular flexibility index (Phi) is 3.12. The largest absolute Gasteiger partial charge is 0.486 e. The summed E-state index contributed by atoms with van der Waals surface area (Å²) >= 11 is 0. The van der Waals surface area contributed by atoms with E-state index in [1.165, 1.54) is 6.08 Å². The molecule has 0 amide bonds. The van der Waals surface area contributed by atoms with Gasteiger partial charge in [-0.05, 0) is 17.7 Å². The number of hydrogen-bond donors (Lipinski definition) is 0. The van der Waals surface area contributed by atoms with E-state index in [-0.39, 0.29) is 6.10 Å². The summed E-state index contributed by atoms with van der Waals surface area (Å²) in [5.41, 5.74) is 0.941. The molecule has 1 aromatic carbocycles. The van der Waals surface area contributed by atoms with Crippen LogP contribution in [0.3, 0.4) is 0 Å². The minimum Gasteiger partial charge on any atom is -0.486 e. The van der Waals surface area contributed by atoms with Gasteiger partial charge in [0.2, 0.25) is 6.08 Å². The standard InChI is InChI=1S/C11H11NO3/c13-8-12-5-9-2-1-3-10(4-9)15-11-6-14-7-11/h1-4,11H,5-7H2. The Bertz CT molecular complexity index is 381. The predicted molar refractivity (Wildman–Crippen MR) is 53.5 cm³/mol. The van der Waals surface area contributed by atoms with E-state index in [0.29, 0.717) is 19.8 Å². The molecule has 78 valence electrons. The maximum Gasteiger partial charge on any atom is 0.235 e. The second-order valence-corrected chi connectivity index (χ2v) is 3.33. The van der Waals surface area contributed by atoms with Crippen molar-refractivity contribution in [2.45, 2.75) is 12.6 Å². The summed E-state index contributed by atoms with van der Waals surface area (Å²) in [4.78, 5) is 13.5. The second-order valence-electron chi connectivity index (χ2n) is 3.33. The molecular formula is C11H11NO3. The lowest BCUT2D eigenvalue weighted by atomic mass is 10.2. The van der Waals surface area contributed by atoms with Crippen LogP contribution >= 0.6 is 0 Å². The van der Waals surface area contributed by atoms with E-state index < -0.39 is 0 Å². The predicted octanol–water partition coefficient (Wildman–Crippen LogP) is 1.30. The summed E-state index contributed by atoms with van der Waals surface area (Å²) < 4.78 is 10.6. The molecule has 1 aliphatic rings. The molecule has 0 saturated carbocycles. The van der Waals surface area contributed by atoms with E-state index >= 15 is 0 Å². The van der Waals surface area contributed by atoms with E-state index in [1.54, 1.807) is 0 Å². The Morgan fingerprint density at radius 2 is 2.40 bits per heavy atom. The highest BCUT2D eigenvalue weighted by molar-refractivity contribution is 5.35. The number of benzene rings is 1. The third-order valence-corrected chi connectivity index (χ3v) is 2.13. The number of hydrogen-bond acceptors (Lipinski definition) is 4. The van der Waals surface area contributed by atoms with Crippen molar-refractivity contribution in [3.05, 3.63) is 29.8 Å². The van der Waals surface area contributed by atoms with Gasteiger partial charge in [0.05, 0.1) is 19.8 Å². The normalized spacial score (nSPS) is 15.2. The first-order valence-electron chi connectivity index (χ1n) is 4.75. The first kappa shape index (κ1) is 9.90. The number of nitrogens with zero attached hydrogens (tertiary/aromatic N) is 1. The van der Waals surface area contributed by atoms with Crippen molar-refractivity contribution >= 4 is 6.08 Å². The van der Waals surface area contributed by atoms with Crippen LogP contribution in [-0.2, 0) is 16.1 Å². The summed E-state index contributed by atoms with van der Waals surface area (Å²) in [6, 6.07) is 7.53. The molecule has 1 saturated heterocycles. The first-order chi connectivity index (χ1) is 7.38. The van der Waals surface area contributed by atoms with Crippen molar-refractivity contribution in [2.75, 3.05) is 13.2 Å². The van der Waals surface area contributed by atoms with Crippen LogP contribution < -0.4 is 4.74 Å². The Balaban J connectivity index is 2.00. The van der Waals surface area contributed by atoms with Crippen molar-refractivity contribution in [1.82, 2.24) is 0 Å². The molecule has 0 spiro atoms. The lowest BCUT2D eigenvalue weighted by Gasteiger charge is -2.26. The van der Waals surface area contributed by atoms with Gasteiger partial charge in [0.1, 0.15) is 11.9 Å². The quantitative estimate of drug-likeness (QED) is 0.550. The Labute approximate surface area is 87.5 Å². The third-order valence-electron chi connectivity index (χ3n) is 2.13. The number of rotatable bonds is 4. The Morgan fingerprint density at radius 1 is 1.53 bits per heavy atom. The fraction of sp³-hybridized carbons (Fsp3) is 0.364. The zero-order valence-electron chi connectivity index (χ0n) is 8.18. The van der Waals surface area contributed by atoms with Gasteiger partial charge in [-0.1, -0.05) is 12.1 Å². The van der Waals surface area contributed by atoms with Crippen LogP contribution in [-0.4, -0.2) is 25.4 Å². The molecule has 2 rings (SSSR count). The molecule has 4 nitrogen and oxygen atoms in total. The molecular weight excluding hydrogens is 194 g/mol. The molecule has 1 aromatic rings. The van der Waals surface area contributed by atoms with Crippen molar-refractivity contribution in [3.8, 4) is 5.75 Å². The molecule has 0 aliphatic carbocycles. The van der Waals surface area contributed by atoms with E-state index in [0.717, 1.165) is 11.3 Å². The molecule has 0 N–H and O–H groups in total. The fourth-order valence-corrected chi connectivity index (χ4v) is 1.32. The molecule has 1 heterocycles. The lowest BCUT2D eigenvalue weighted by Crippen LogP contribution is -2.38. The van der Waals surface area contributed by atoms with E-state index in [1.807, 2.05) is 24.3 Å². The number of isocyanates is 1. The monoisotopic (exact) mass is 205 g/mol. The van der Waals surface area contributed by atoms with Crippen LogP contribution in [0.2, 0.25) is 0 Å². The van der Waals surface area contributed by atoms with Gasteiger partial charge in [0.25, 0.3) is 0 Å². The number of ether oxygens (including phenoxy) is 2. The highest BCUT2D eigenvalue weighted by Gasteiger charge is 2.19. The van der Waals surface area contributed by atoms with Gasteiger partial charge in [-0.3, -0.25) is 0 Å². The summed E-state index contributed by atoms with van der Waals surface area (Å²) in [7, 11) is 0. The highest BCUT2D eigenvalue weighted by Crippen LogP contribution is 2.17. The fourth-order valence-electron chi connectivity index (χ4n) is 1.32. The summed E-state index contributed by atoms with van der Waals surface area (Å²) in [6.07, 6.45) is 1.67. The van der Waals surface area contributed by atoms with Crippen LogP contribution in [0.1, 0.15) is 5.56 Å². The third kappa shape index (κ3) is 2.65. The second kappa shape index (κ2) is 4.73. The molecule has 0 bridgehead atoms. The van der Waals surface area contributed by atoms with E-state index in [4.69, 9.17) is 9.47 Å². The molecule has 0 radical (unpaired) electrons. The van der Waals surface area contributed by atoms with E-state index in [2.05, 4.69) is 4.99 Å². The smallest absolute Gasteiger partial charge is 0.235 e. The zero-order chi connectivity index (χ0) is 10.5. The average molecular weight is 205 g/mol. The van der Waals surface area contributed by atoms with Crippen LogP contribution in [0.15, 0.2) is 29.3 Å². The topological polar surface area (TPSA) is 47.9 Å². The van der Waals surface area contributed by atoms with Gasteiger partial charge in [-0.15, -0.1) is 0 Å². The van der Waals surface area contributed by atoms with Gasteiger partial charge < -0.3 is 9.47 Å². The summed E-state index contributed by atoms with van der Waals surface area (Å²) in [5, 5.41) is 0. The Morgan fingerprint density at radius 3 is 3.07 bits per heavy atom. The maximum absolute atomic E-state index is 9.96. The van der Waals surface area contributed by atoms with Crippen molar-refractivity contribution in [2.24, 2.45) is 4.99 Å². The molecule has 15 heavy (non-hydrogen) atoms. The molecule has 0 aromatic heterocycles. The van der Waals surface area contributed by atoms with E-state index in [9.17, 15) is 4.79 Å². The SMILES string of the molecule is O=C=NCc1cccc(OC2COC2)c1. The Hall–Kier alpha value is -1.64. The molecule has 1 aliphatic heterocycles. The van der Waals surface area contributed by atoms with Crippen LogP contribution in [0.25, 0.3) is 0 Å². The minimum atomic E-state index is 0.162. The first-order valence-corrected chi connectivity index (χ1v) is 4.75. The molecule has 0 atom stereocenters. The number of carbonyl (C=O) groups excluding carboxylic acids is 1. The van der Waals surface area contributed by atoms with Gasteiger partial charge in [0.15, 0.2) is 0 Å². The van der Waals surface area contributed by atoms with Gasteiger partial charge in [-0.25, -0.2) is 9.79 Å². The average Bonchev–Trinajstić information content (AvgIpc) is 2.21. The molecule has 1 fully saturated rings. The van der Waals surface area contributed by atoms with Crippen molar-refractivity contribution < 1.29 is 14.3 Å². The summed E-state index contributed by atoms with van der Waals surface area (Å²) in [6.45, 7) is 1.65. The van der Waals surface area contributed by atoms with Crippen molar-refractivity contribution in [3.63, 3.8) is 0 Å². The molecule has 0 unspecified atom stereocenters. The summed E-state index contributed by atoms with van der Waals surface area (Å²) in [5.74, 6) is 0.793. The number of aliphatic imine (C=N–C) groups is 1. The van der Waals surface area contributed by atoms with Crippen LogP contribution in [0, 0.1) is 0 Å². The lowest BCUT2D eigenvalue weighted by molar-refractivity contribution is -0.0797. The minimum absolute atomic E-state index is 0.162. The maximum atomic E-state index is 9.96. The zero-order valence-corrected chi connectivity index (χ0v) is 8.18. The van der Waals surface area contributed by atoms with Crippen LogP contribution in [0.4, 0.5) is 0 Å². The van der Waals surface area contributed by atoms with Gasteiger partial charge >= 0.3 is 0 Å². The molecule has 4 heteroatoms.